The molecule has 2 heterocycles. The predicted molar refractivity (Wildman–Crippen MR) is 103 cm³/mol. The molecule has 128 valence electrons. The number of hydrogen-bond donors (Lipinski definition) is 0. The number of benzene rings is 2. The van der Waals surface area contributed by atoms with E-state index in [0.717, 1.165) is 45.8 Å². The van der Waals surface area contributed by atoms with Crippen LogP contribution in [0.2, 0.25) is 5.02 Å². The Kier molecular flexibility index (Phi) is 3.61. The first kappa shape index (κ1) is 15.7. The van der Waals surface area contributed by atoms with Gasteiger partial charge in [-0.3, -0.25) is 0 Å². The van der Waals surface area contributed by atoms with Crippen molar-refractivity contribution in [3.8, 4) is 5.75 Å². The Balaban J connectivity index is 1.60. The molecule has 3 aliphatic rings. The SMILES string of the molecule is Clc1ccc(C2=NN3[C@H](C2)c2cc(Br)ccc2OC32CCCC2)cc1. The first-order chi connectivity index (χ1) is 12.1. The van der Waals surface area contributed by atoms with E-state index in [4.69, 9.17) is 21.4 Å². The molecule has 1 saturated carbocycles. The van der Waals surface area contributed by atoms with Crippen LogP contribution in [0.25, 0.3) is 0 Å². The first-order valence-corrected chi connectivity index (χ1v) is 9.93. The van der Waals surface area contributed by atoms with E-state index in [1.807, 2.05) is 12.1 Å². The van der Waals surface area contributed by atoms with Gasteiger partial charge in [-0.25, -0.2) is 5.01 Å². The highest BCUT2D eigenvalue weighted by Gasteiger charge is 2.51. The third-order valence-corrected chi connectivity index (χ3v) is 6.27. The van der Waals surface area contributed by atoms with Crippen LogP contribution in [0, 0.1) is 0 Å². The van der Waals surface area contributed by atoms with Crippen molar-refractivity contribution in [2.45, 2.75) is 43.9 Å². The average molecular weight is 418 g/mol. The van der Waals surface area contributed by atoms with Crippen molar-refractivity contribution >= 4 is 33.2 Å². The maximum Gasteiger partial charge on any atom is 0.198 e. The quantitative estimate of drug-likeness (QED) is 0.575. The molecule has 0 unspecified atom stereocenters. The van der Waals surface area contributed by atoms with Gasteiger partial charge in [0.25, 0.3) is 0 Å². The van der Waals surface area contributed by atoms with Crippen LogP contribution in [0.4, 0.5) is 0 Å². The zero-order chi connectivity index (χ0) is 17.0. The van der Waals surface area contributed by atoms with E-state index in [-0.39, 0.29) is 11.8 Å². The van der Waals surface area contributed by atoms with Gasteiger partial charge in [0.15, 0.2) is 5.72 Å². The zero-order valence-electron chi connectivity index (χ0n) is 13.7. The van der Waals surface area contributed by atoms with Gasteiger partial charge in [0, 0.05) is 34.3 Å². The molecule has 5 rings (SSSR count). The topological polar surface area (TPSA) is 24.8 Å². The van der Waals surface area contributed by atoms with Crippen molar-refractivity contribution in [2.24, 2.45) is 5.10 Å². The van der Waals surface area contributed by atoms with Crippen molar-refractivity contribution in [3.05, 3.63) is 63.1 Å². The van der Waals surface area contributed by atoms with E-state index in [1.165, 1.54) is 18.4 Å². The second kappa shape index (κ2) is 5.75. The van der Waals surface area contributed by atoms with E-state index < -0.39 is 0 Å². The molecule has 5 heteroatoms. The fourth-order valence-electron chi connectivity index (χ4n) is 4.33. The van der Waals surface area contributed by atoms with Crippen LogP contribution < -0.4 is 4.74 Å². The van der Waals surface area contributed by atoms with Crippen LogP contribution in [0.3, 0.4) is 0 Å². The zero-order valence-corrected chi connectivity index (χ0v) is 16.1. The third kappa shape index (κ3) is 2.49. The van der Waals surface area contributed by atoms with Crippen molar-refractivity contribution in [1.29, 1.82) is 0 Å². The number of fused-ring (bicyclic) bond motifs is 4. The van der Waals surface area contributed by atoms with Gasteiger partial charge in [0.1, 0.15) is 5.75 Å². The van der Waals surface area contributed by atoms with Crippen LogP contribution in [-0.2, 0) is 0 Å². The first-order valence-electron chi connectivity index (χ1n) is 8.76. The summed E-state index contributed by atoms with van der Waals surface area (Å²) in [7, 11) is 0. The summed E-state index contributed by atoms with van der Waals surface area (Å²) in [5, 5.41) is 8.04. The largest absolute Gasteiger partial charge is 0.466 e. The van der Waals surface area contributed by atoms with Gasteiger partial charge in [-0.1, -0.05) is 39.7 Å². The molecule has 0 aromatic heterocycles. The van der Waals surface area contributed by atoms with Gasteiger partial charge < -0.3 is 4.74 Å². The fraction of sp³-hybridized carbons (Fsp3) is 0.350. The minimum absolute atomic E-state index is 0.241. The van der Waals surface area contributed by atoms with E-state index in [9.17, 15) is 0 Å². The summed E-state index contributed by atoms with van der Waals surface area (Å²) in [6.07, 6.45) is 5.37. The highest BCUT2D eigenvalue weighted by molar-refractivity contribution is 9.10. The summed E-state index contributed by atoms with van der Waals surface area (Å²) in [4.78, 5) is 0. The van der Waals surface area contributed by atoms with Gasteiger partial charge in [-0.15, -0.1) is 0 Å². The molecule has 2 aromatic carbocycles. The van der Waals surface area contributed by atoms with E-state index in [0.29, 0.717) is 0 Å². The Bertz CT molecular complexity index is 858. The normalized spacial score (nSPS) is 23.2. The molecule has 1 fully saturated rings. The van der Waals surface area contributed by atoms with Crippen molar-refractivity contribution in [2.75, 3.05) is 0 Å². The highest BCUT2D eigenvalue weighted by Crippen LogP contribution is 2.52. The minimum atomic E-state index is -0.278. The lowest BCUT2D eigenvalue weighted by atomic mass is 9.94. The van der Waals surface area contributed by atoms with Gasteiger partial charge in [0.05, 0.1) is 11.8 Å². The molecule has 0 saturated heterocycles. The number of nitrogens with zero attached hydrogens (tertiary/aromatic N) is 2. The smallest absolute Gasteiger partial charge is 0.198 e. The van der Waals surface area contributed by atoms with Gasteiger partial charge >= 0.3 is 0 Å². The number of hydrogen-bond acceptors (Lipinski definition) is 3. The Morgan fingerprint density at radius 3 is 2.64 bits per heavy atom. The minimum Gasteiger partial charge on any atom is -0.466 e. The molecule has 1 spiro atoms. The molecule has 2 aliphatic heterocycles. The van der Waals surface area contributed by atoms with Crippen LogP contribution >= 0.6 is 27.5 Å². The van der Waals surface area contributed by atoms with Gasteiger partial charge in [-0.05, 0) is 48.7 Å². The highest BCUT2D eigenvalue weighted by atomic mass is 79.9. The van der Waals surface area contributed by atoms with E-state index >= 15 is 0 Å². The molecule has 1 atom stereocenters. The molecule has 1 aliphatic carbocycles. The maximum atomic E-state index is 6.53. The summed E-state index contributed by atoms with van der Waals surface area (Å²) in [5.41, 5.74) is 3.20. The Morgan fingerprint density at radius 2 is 1.88 bits per heavy atom. The molecular formula is C20H18BrClN2O. The second-order valence-corrected chi connectivity index (χ2v) is 8.41. The number of halogens is 2. The molecule has 0 N–H and O–H groups in total. The maximum absolute atomic E-state index is 6.53. The molecule has 0 amide bonds. The molecule has 0 radical (unpaired) electrons. The average Bonchev–Trinajstić information content (AvgIpc) is 3.25. The summed E-state index contributed by atoms with van der Waals surface area (Å²) in [5.74, 6) is 1.01. The van der Waals surface area contributed by atoms with Crippen LogP contribution in [0.1, 0.15) is 49.3 Å². The summed E-state index contributed by atoms with van der Waals surface area (Å²) in [6, 6.07) is 14.6. The lowest BCUT2D eigenvalue weighted by Gasteiger charge is -2.45. The molecule has 25 heavy (non-hydrogen) atoms. The monoisotopic (exact) mass is 416 g/mol. The summed E-state index contributed by atoms with van der Waals surface area (Å²) in [6.45, 7) is 0. The predicted octanol–water partition coefficient (Wildman–Crippen LogP) is 5.92. The number of rotatable bonds is 1. The molecular weight excluding hydrogens is 400 g/mol. The Labute approximate surface area is 160 Å². The Morgan fingerprint density at radius 1 is 1.12 bits per heavy atom. The number of ether oxygens (including phenoxy) is 1. The van der Waals surface area contributed by atoms with Crippen LogP contribution in [0.5, 0.6) is 5.75 Å². The van der Waals surface area contributed by atoms with Gasteiger partial charge in [-0.2, -0.15) is 5.10 Å². The van der Waals surface area contributed by atoms with Crippen molar-refractivity contribution in [1.82, 2.24) is 5.01 Å². The summed E-state index contributed by atoms with van der Waals surface area (Å²) >= 11 is 9.65. The van der Waals surface area contributed by atoms with Gasteiger partial charge in [0.2, 0.25) is 0 Å². The lowest BCUT2D eigenvalue weighted by Crippen LogP contribution is -2.51. The third-order valence-electron chi connectivity index (χ3n) is 5.52. The van der Waals surface area contributed by atoms with E-state index in [1.54, 1.807) is 0 Å². The summed E-state index contributed by atoms with van der Waals surface area (Å²) < 4.78 is 7.61. The van der Waals surface area contributed by atoms with E-state index in [2.05, 4.69) is 51.3 Å². The standard InChI is InChI=1S/C20H18BrClN2O/c21-14-5-8-19-16(11-14)18-12-17(13-3-6-15(22)7-4-13)23-24(18)20(25-19)9-1-2-10-20/h3-8,11,18H,1-2,9-10,12H2/t18-/m1/s1. The van der Waals surface area contributed by atoms with Crippen molar-refractivity contribution in [3.63, 3.8) is 0 Å². The fourth-order valence-corrected chi connectivity index (χ4v) is 4.83. The van der Waals surface area contributed by atoms with Crippen LogP contribution in [0.15, 0.2) is 52.0 Å². The number of hydrazone groups is 1. The molecule has 2 aromatic rings. The molecule has 0 bridgehead atoms. The second-order valence-electron chi connectivity index (χ2n) is 7.06. The van der Waals surface area contributed by atoms with Crippen LogP contribution in [-0.4, -0.2) is 16.4 Å². The lowest BCUT2D eigenvalue weighted by molar-refractivity contribution is -0.114. The molecule has 3 nitrogen and oxygen atoms in total. The van der Waals surface area contributed by atoms with Crippen molar-refractivity contribution < 1.29 is 4.74 Å². The Hall–Kier alpha value is -1.52.